The van der Waals surface area contributed by atoms with Gasteiger partial charge < -0.3 is 15.0 Å². The van der Waals surface area contributed by atoms with Crippen molar-refractivity contribution in [2.24, 2.45) is 5.92 Å². The zero-order valence-corrected chi connectivity index (χ0v) is 19.5. The summed E-state index contributed by atoms with van der Waals surface area (Å²) < 4.78 is 41.1. The minimum absolute atomic E-state index is 0.0470. The molecular weight excluding hydrogens is 473 g/mol. The molecule has 5 rings (SSSR count). The SMILES string of the molecule is Cc1cc(-c2nc3nc(C(=O)O)nc(N[C@H](C)C4CC4)c3n2Cc2ccc(C(F)(F)F)cc2)ccn1. The number of hydrogen-bond acceptors (Lipinski definition) is 6. The molecule has 1 aliphatic rings. The number of anilines is 1. The van der Waals surface area contributed by atoms with Crippen molar-refractivity contribution in [2.45, 2.75) is 45.5 Å². The number of fused-ring (bicyclic) bond motifs is 1. The van der Waals surface area contributed by atoms with E-state index < -0.39 is 17.7 Å². The summed E-state index contributed by atoms with van der Waals surface area (Å²) in [5.41, 5.74) is 2.00. The molecule has 4 aromatic rings. The molecule has 0 unspecified atom stereocenters. The number of aryl methyl sites for hydroxylation is 1. The molecule has 2 N–H and O–H groups in total. The summed E-state index contributed by atoms with van der Waals surface area (Å²) in [6.07, 6.45) is -0.659. The van der Waals surface area contributed by atoms with Gasteiger partial charge in [0.15, 0.2) is 11.5 Å². The molecular formula is C25H23F3N6O2. The molecule has 1 aromatic carbocycles. The lowest BCUT2D eigenvalue weighted by Crippen LogP contribution is -2.20. The van der Waals surface area contributed by atoms with Crippen molar-refractivity contribution >= 4 is 23.0 Å². The lowest BCUT2D eigenvalue weighted by Gasteiger charge is -2.17. The number of nitrogens with one attached hydrogen (secondary N) is 1. The van der Waals surface area contributed by atoms with Crippen LogP contribution in [0.25, 0.3) is 22.6 Å². The number of halogens is 3. The van der Waals surface area contributed by atoms with Gasteiger partial charge in [-0.05, 0) is 62.4 Å². The number of aromatic nitrogens is 5. The lowest BCUT2D eigenvalue weighted by atomic mass is 10.1. The van der Waals surface area contributed by atoms with Gasteiger partial charge in [0, 0.05) is 30.0 Å². The minimum Gasteiger partial charge on any atom is -0.475 e. The number of carboxylic acid groups (broad SMARTS) is 1. The highest BCUT2D eigenvalue weighted by Gasteiger charge is 2.31. The zero-order valence-electron chi connectivity index (χ0n) is 19.5. The van der Waals surface area contributed by atoms with Crippen LogP contribution < -0.4 is 5.32 Å². The van der Waals surface area contributed by atoms with E-state index >= 15 is 0 Å². The van der Waals surface area contributed by atoms with Crippen LogP contribution in [-0.2, 0) is 12.7 Å². The smallest absolute Gasteiger partial charge is 0.416 e. The highest BCUT2D eigenvalue weighted by Crippen LogP contribution is 2.36. The maximum Gasteiger partial charge on any atom is 0.416 e. The molecule has 186 valence electrons. The molecule has 11 heteroatoms. The van der Waals surface area contributed by atoms with Crippen molar-refractivity contribution < 1.29 is 23.1 Å². The highest BCUT2D eigenvalue weighted by atomic mass is 19.4. The summed E-state index contributed by atoms with van der Waals surface area (Å²) in [7, 11) is 0. The van der Waals surface area contributed by atoms with Crippen molar-refractivity contribution in [3.8, 4) is 11.4 Å². The fourth-order valence-corrected chi connectivity index (χ4v) is 4.20. The fourth-order valence-electron chi connectivity index (χ4n) is 4.20. The van der Waals surface area contributed by atoms with Crippen LogP contribution in [0.3, 0.4) is 0 Å². The Labute approximate surface area is 204 Å². The normalized spacial score (nSPS) is 14.7. The van der Waals surface area contributed by atoms with Crippen LogP contribution in [0.4, 0.5) is 19.0 Å². The Bertz CT molecular complexity index is 1440. The van der Waals surface area contributed by atoms with Crippen molar-refractivity contribution in [3.05, 3.63) is 65.2 Å². The molecule has 0 radical (unpaired) electrons. The Morgan fingerprint density at radius 2 is 1.89 bits per heavy atom. The van der Waals surface area contributed by atoms with E-state index in [-0.39, 0.29) is 24.1 Å². The van der Waals surface area contributed by atoms with Crippen LogP contribution >= 0.6 is 0 Å². The quantitative estimate of drug-likeness (QED) is 0.364. The third kappa shape index (κ3) is 4.73. The van der Waals surface area contributed by atoms with Gasteiger partial charge in [0.25, 0.3) is 0 Å². The maximum atomic E-state index is 13.1. The van der Waals surface area contributed by atoms with E-state index in [9.17, 15) is 23.1 Å². The second-order valence-corrected chi connectivity index (χ2v) is 9.05. The molecule has 3 heterocycles. The molecule has 8 nitrogen and oxygen atoms in total. The van der Waals surface area contributed by atoms with Gasteiger partial charge in [-0.3, -0.25) is 4.98 Å². The van der Waals surface area contributed by atoms with Crippen LogP contribution in [0.2, 0.25) is 0 Å². The molecule has 1 aliphatic carbocycles. The van der Waals surface area contributed by atoms with Crippen LogP contribution in [0.1, 0.15) is 47.2 Å². The summed E-state index contributed by atoms with van der Waals surface area (Å²) in [6.45, 7) is 4.02. The number of nitrogens with zero attached hydrogens (tertiary/aromatic N) is 5. The van der Waals surface area contributed by atoms with E-state index in [1.54, 1.807) is 16.8 Å². The van der Waals surface area contributed by atoms with Crippen LogP contribution in [0.5, 0.6) is 0 Å². The van der Waals surface area contributed by atoms with Crippen LogP contribution in [0.15, 0.2) is 42.6 Å². The van der Waals surface area contributed by atoms with E-state index in [2.05, 4.69) is 25.3 Å². The molecule has 0 amide bonds. The van der Waals surface area contributed by atoms with E-state index in [4.69, 9.17) is 0 Å². The number of rotatable bonds is 7. The molecule has 0 saturated heterocycles. The topological polar surface area (TPSA) is 106 Å². The van der Waals surface area contributed by atoms with Gasteiger partial charge in [0.05, 0.1) is 5.56 Å². The second kappa shape index (κ2) is 8.89. The first-order valence-electron chi connectivity index (χ1n) is 11.5. The second-order valence-electron chi connectivity index (χ2n) is 9.05. The number of carbonyl (C=O) groups is 1. The molecule has 0 bridgehead atoms. The van der Waals surface area contributed by atoms with Crippen LogP contribution in [-0.4, -0.2) is 41.6 Å². The first-order valence-corrected chi connectivity index (χ1v) is 11.5. The molecule has 0 spiro atoms. The maximum absolute atomic E-state index is 13.1. The summed E-state index contributed by atoms with van der Waals surface area (Å²) in [5, 5.41) is 12.9. The third-order valence-corrected chi connectivity index (χ3v) is 6.26. The highest BCUT2D eigenvalue weighted by molar-refractivity contribution is 5.92. The van der Waals surface area contributed by atoms with Gasteiger partial charge in [-0.2, -0.15) is 13.2 Å². The Morgan fingerprint density at radius 1 is 1.17 bits per heavy atom. The summed E-state index contributed by atoms with van der Waals surface area (Å²) in [5.74, 6) is -0.401. The number of carboxylic acids is 1. The predicted molar refractivity (Wildman–Crippen MR) is 127 cm³/mol. The summed E-state index contributed by atoms with van der Waals surface area (Å²) in [6, 6.07) is 8.56. The van der Waals surface area contributed by atoms with E-state index in [1.807, 2.05) is 19.9 Å². The van der Waals surface area contributed by atoms with Gasteiger partial charge >= 0.3 is 12.1 Å². The average Bonchev–Trinajstić information content (AvgIpc) is 3.61. The van der Waals surface area contributed by atoms with Crippen molar-refractivity contribution in [1.29, 1.82) is 0 Å². The largest absolute Gasteiger partial charge is 0.475 e. The number of aromatic carboxylic acids is 1. The number of imidazole rings is 1. The Morgan fingerprint density at radius 3 is 2.50 bits per heavy atom. The lowest BCUT2D eigenvalue weighted by molar-refractivity contribution is -0.137. The van der Waals surface area contributed by atoms with E-state index in [0.29, 0.717) is 34.2 Å². The minimum atomic E-state index is -4.43. The number of hydrogen-bond donors (Lipinski definition) is 2. The summed E-state index contributed by atoms with van der Waals surface area (Å²) in [4.78, 5) is 29.1. The van der Waals surface area contributed by atoms with Crippen molar-refractivity contribution in [2.75, 3.05) is 5.32 Å². The van der Waals surface area contributed by atoms with Crippen molar-refractivity contribution in [1.82, 2.24) is 24.5 Å². The monoisotopic (exact) mass is 496 g/mol. The Hall–Kier alpha value is -4.02. The third-order valence-electron chi connectivity index (χ3n) is 6.26. The first kappa shape index (κ1) is 23.7. The predicted octanol–water partition coefficient (Wildman–Crippen LogP) is 5.17. The van der Waals surface area contributed by atoms with Crippen molar-refractivity contribution in [3.63, 3.8) is 0 Å². The molecule has 1 saturated carbocycles. The van der Waals surface area contributed by atoms with Gasteiger partial charge in [-0.25, -0.2) is 19.7 Å². The molecule has 3 aromatic heterocycles. The fraction of sp³-hybridized carbons (Fsp3) is 0.320. The van der Waals surface area contributed by atoms with Gasteiger partial charge in [0.2, 0.25) is 5.82 Å². The van der Waals surface area contributed by atoms with E-state index in [0.717, 1.165) is 30.7 Å². The van der Waals surface area contributed by atoms with Gasteiger partial charge in [-0.1, -0.05) is 12.1 Å². The Kier molecular flexibility index (Phi) is 5.85. The molecule has 36 heavy (non-hydrogen) atoms. The average molecular weight is 496 g/mol. The van der Waals surface area contributed by atoms with E-state index in [1.165, 1.54) is 12.1 Å². The molecule has 0 aliphatic heterocycles. The molecule has 1 fully saturated rings. The zero-order chi connectivity index (χ0) is 25.6. The number of alkyl halides is 3. The number of pyridine rings is 1. The Balaban J connectivity index is 1.69. The summed E-state index contributed by atoms with van der Waals surface area (Å²) >= 11 is 0. The first-order chi connectivity index (χ1) is 17.1. The van der Waals surface area contributed by atoms with Gasteiger partial charge in [-0.15, -0.1) is 0 Å². The number of benzene rings is 1. The standard InChI is InChI=1S/C25H23F3N6O2/c1-13-11-17(9-10-29-13)23-33-21-19(34(23)12-15-3-7-18(8-4-15)25(26,27)28)20(30-14(2)16-5-6-16)31-22(32-21)24(35)36/h3-4,7-11,14,16H,5-6,12H2,1-2H3,(H,35,36)(H,30,31,32)/t14-/m1/s1. The molecule has 1 atom stereocenters. The van der Waals surface area contributed by atoms with Crippen LogP contribution in [0, 0.1) is 12.8 Å². The van der Waals surface area contributed by atoms with Gasteiger partial charge in [0.1, 0.15) is 11.3 Å².